The first-order valence-corrected chi connectivity index (χ1v) is 11.2. The highest BCUT2D eigenvalue weighted by Gasteiger charge is 2.25. The minimum Gasteiger partial charge on any atom is -0.356 e. The first-order valence-electron chi connectivity index (χ1n) is 10.8. The SMILES string of the molecule is CC(C)c1ccc(CCCNC(=O)C2CCCN(Cc3ccccc3Cl)C2)cc1. The molecule has 1 aliphatic rings. The Balaban J connectivity index is 1.40. The van der Waals surface area contributed by atoms with E-state index < -0.39 is 0 Å². The van der Waals surface area contributed by atoms with Crippen molar-refractivity contribution in [3.8, 4) is 0 Å². The van der Waals surface area contributed by atoms with Gasteiger partial charge in [-0.25, -0.2) is 0 Å². The number of halogens is 1. The van der Waals surface area contributed by atoms with Crippen molar-refractivity contribution in [2.24, 2.45) is 5.92 Å². The molecule has 0 radical (unpaired) electrons. The summed E-state index contributed by atoms with van der Waals surface area (Å²) in [5, 5.41) is 3.96. The number of benzene rings is 2. The third-order valence-corrected chi connectivity index (χ3v) is 6.18. The van der Waals surface area contributed by atoms with Crippen molar-refractivity contribution in [1.29, 1.82) is 0 Å². The zero-order valence-corrected chi connectivity index (χ0v) is 18.4. The lowest BCUT2D eigenvalue weighted by Gasteiger charge is -2.32. The van der Waals surface area contributed by atoms with Crippen LogP contribution < -0.4 is 5.32 Å². The highest BCUT2D eigenvalue weighted by molar-refractivity contribution is 6.31. The van der Waals surface area contributed by atoms with E-state index in [2.05, 4.69) is 54.4 Å². The minimum absolute atomic E-state index is 0.0802. The van der Waals surface area contributed by atoms with E-state index in [9.17, 15) is 4.79 Å². The topological polar surface area (TPSA) is 32.3 Å². The average molecular weight is 413 g/mol. The van der Waals surface area contributed by atoms with Crippen molar-refractivity contribution >= 4 is 17.5 Å². The van der Waals surface area contributed by atoms with E-state index in [4.69, 9.17) is 11.6 Å². The number of carbonyl (C=O) groups excluding carboxylic acids is 1. The molecule has 1 N–H and O–H groups in total. The molecule has 2 aromatic rings. The number of hydrogen-bond acceptors (Lipinski definition) is 2. The van der Waals surface area contributed by atoms with E-state index in [1.54, 1.807) is 0 Å². The molecule has 2 aromatic carbocycles. The Bertz CT molecular complexity index is 788. The third kappa shape index (κ3) is 6.58. The first-order chi connectivity index (χ1) is 14.0. The summed E-state index contributed by atoms with van der Waals surface area (Å²) >= 11 is 6.30. The number of nitrogens with zero attached hydrogens (tertiary/aromatic N) is 1. The molecular formula is C25H33ClN2O. The summed E-state index contributed by atoms with van der Waals surface area (Å²) in [7, 11) is 0. The van der Waals surface area contributed by atoms with E-state index in [0.717, 1.165) is 62.4 Å². The van der Waals surface area contributed by atoms with Crippen LogP contribution in [-0.4, -0.2) is 30.4 Å². The van der Waals surface area contributed by atoms with E-state index >= 15 is 0 Å². The number of likely N-dealkylation sites (tertiary alicyclic amines) is 1. The van der Waals surface area contributed by atoms with Crippen LogP contribution in [0.5, 0.6) is 0 Å². The van der Waals surface area contributed by atoms with Gasteiger partial charge in [0.25, 0.3) is 0 Å². The summed E-state index contributed by atoms with van der Waals surface area (Å²) in [5.74, 6) is 0.844. The van der Waals surface area contributed by atoms with Crippen molar-refractivity contribution in [3.05, 3.63) is 70.2 Å². The Morgan fingerprint density at radius 2 is 1.93 bits per heavy atom. The molecule has 0 bridgehead atoms. The van der Waals surface area contributed by atoms with E-state index in [1.807, 2.05) is 18.2 Å². The van der Waals surface area contributed by atoms with Gasteiger partial charge in [-0.15, -0.1) is 0 Å². The first kappa shape index (κ1) is 21.9. The second-order valence-corrected chi connectivity index (χ2v) is 8.86. The van der Waals surface area contributed by atoms with E-state index in [0.29, 0.717) is 5.92 Å². The Morgan fingerprint density at radius 3 is 2.66 bits per heavy atom. The molecule has 4 heteroatoms. The highest BCUT2D eigenvalue weighted by Crippen LogP contribution is 2.22. The molecule has 3 nitrogen and oxygen atoms in total. The van der Waals surface area contributed by atoms with Gasteiger partial charge in [0.2, 0.25) is 5.91 Å². The second-order valence-electron chi connectivity index (χ2n) is 8.46. The second kappa shape index (κ2) is 10.8. The summed E-state index contributed by atoms with van der Waals surface area (Å²) in [4.78, 5) is 15.0. The molecule has 1 heterocycles. The van der Waals surface area contributed by atoms with Crippen molar-refractivity contribution in [3.63, 3.8) is 0 Å². The molecule has 0 aliphatic carbocycles. The molecule has 0 spiro atoms. The number of nitrogens with one attached hydrogen (secondary N) is 1. The van der Waals surface area contributed by atoms with Gasteiger partial charge in [-0.1, -0.05) is 67.9 Å². The van der Waals surface area contributed by atoms with Crippen LogP contribution in [0.3, 0.4) is 0 Å². The zero-order chi connectivity index (χ0) is 20.6. The zero-order valence-electron chi connectivity index (χ0n) is 17.7. The third-order valence-electron chi connectivity index (χ3n) is 5.82. The van der Waals surface area contributed by atoms with Gasteiger partial charge in [-0.05, 0) is 60.9 Å². The van der Waals surface area contributed by atoms with Gasteiger partial charge in [0, 0.05) is 24.7 Å². The van der Waals surface area contributed by atoms with Crippen molar-refractivity contribution in [1.82, 2.24) is 10.2 Å². The fourth-order valence-corrected chi connectivity index (χ4v) is 4.19. The maximum Gasteiger partial charge on any atom is 0.224 e. The summed E-state index contributed by atoms with van der Waals surface area (Å²) in [6, 6.07) is 16.8. The van der Waals surface area contributed by atoms with Crippen LogP contribution in [0.4, 0.5) is 0 Å². The predicted molar refractivity (Wildman–Crippen MR) is 121 cm³/mol. The standard InChI is InChI=1S/C25H33ClN2O/c1-19(2)21-13-11-20(12-14-21)7-5-15-27-25(29)23-9-6-16-28(18-23)17-22-8-3-4-10-24(22)26/h3-4,8,10-14,19,23H,5-7,9,15-18H2,1-2H3,(H,27,29). The van der Waals surface area contributed by atoms with Crippen LogP contribution in [0.25, 0.3) is 0 Å². The molecule has 1 atom stereocenters. The molecule has 1 unspecified atom stereocenters. The molecule has 1 amide bonds. The number of amides is 1. The highest BCUT2D eigenvalue weighted by atomic mass is 35.5. The lowest BCUT2D eigenvalue weighted by molar-refractivity contribution is -0.126. The lowest BCUT2D eigenvalue weighted by atomic mass is 9.96. The Hall–Kier alpha value is -1.84. The molecule has 1 aliphatic heterocycles. The van der Waals surface area contributed by atoms with Gasteiger partial charge >= 0.3 is 0 Å². The summed E-state index contributed by atoms with van der Waals surface area (Å²) in [6.07, 6.45) is 4.01. The molecule has 156 valence electrons. The number of carbonyl (C=O) groups is 1. The van der Waals surface area contributed by atoms with Crippen LogP contribution in [0, 0.1) is 5.92 Å². The van der Waals surface area contributed by atoms with Gasteiger partial charge in [0.05, 0.1) is 5.92 Å². The average Bonchev–Trinajstić information content (AvgIpc) is 2.73. The van der Waals surface area contributed by atoms with Crippen LogP contribution in [0.2, 0.25) is 5.02 Å². The van der Waals surface area contributed by atoms with Crippen LogP contribution in [-0.2, 0) is 17.8 Å². The number of rotatable bonds is 8. The van der Waals surface area contributed by atoms with Gasteiger partial charge in [0.1, 0.15) is 0 Å². The van der Waals surface area contributed by atoms with Crippen LogP contribution >= 0.6 is 11.6 Å². The van der Waals surface area contributed by atoms with Crippen molar-refractivity contribution < 1.29 is 4.79 Å². The van der Waals surface area contributed by atoms with Crippen molar-refractivity contribution in [2.75, 3.05) is 19.6 Å². The molecule has 1 fully saturated rings. The summed E-state index contributed by atoms with van der Waals surface area (Å²) in [5.41, 5.74) is 3.85. The molecule has 0 saturated carbocycles. The number of aryl methyl sites for hydroxylation is 1. The quantitative estimate of drug-likeness (QED) is 0.586. The normalized spacial score (nSPS) is 17.4. The summed E-state index contributed by atoms with van der Waals surface area (Å²) in [6.45, 7) is 7.83. The van der Waals surface area contributed by atoms with Gasteiger partial charge in [-0.2, -0.15) is 0 Å². The Labute approximate surface area is 180 Å². The van der Waals surface area contributed by atoms with Gasteiger partial charge < -0.3 is 5.32 Å². The van der Waals surface area contributed by atoms with Crippen LogP contribution in [0.15, 0.2) is 48.5 Å². The Morgan fingerprint density at radius 1 is 1.17 bits per heavy atom. The number of piperidine rings is 1. The van der Waals surface area contributed by atoms with Gasteiger partial charge in [0.15, 0.2) is 0 Å². The molecule has 1 saturated heterocycles. The summed E-state index contributed by atoms with van der Waals surface area (Å²) < 4.78 is 0. The molecule has 29 heavy (non-hydrogen) atoms. The monoisotopic (exact) mass is 412 g/mol. The van der Waals surface area contributed by atoms with Crippen LogP contribution in [0.1, 0.15) is 55.7 Å². The maximum absolute atomic E-state index is 12.6. The molecular weight excluding hydrogens is 380 g/mol. The van der Waals surface area contributed by atoms with Gasteiger partial charge in [-0.3, -0.25) is 9.69 Å². The predicted octanol–water partition coefficient (Wildman–Crippen LogP) is 5.42. The molecule has 3 rings (SSSR count). The Kier molecular flexibility index (Phi) is 8.14. The fourth-order valence-electron chi connectivity index (χ4n) is 4.00. The smallest absolute Gasteiger partial charge is 0.224 e. The van der Waals surface area contributed by atoms with Crippen molar-refractivity contribution in [2.45, 2.75) is 52.0 Å². The van der Waals surface area contributed by atoms with E-state index in [1.165, 1.54) is 11.1 Å². The molecule has 0 aromatic heterocycles. The number of hydrogen-bond donors (Lipinski definition) is 1. The fraction of sp³-hybridized carbons (Fsp3) is 0.480. The minimum atomic E-state index is 0.0802. The van der Waals surface area contributed by atoms with E-state index in [-0.39, 0.29) is 11.8 Å². The largest absolute Gasteiger partial charge is 0.356 e. The maximum atomic E-state index is 12.6. The lowest BCUT2D eigenvalue weighted by Crippen LogP contribution is -2.43.